The van der Waals surface area contributed by atoms with E-state index in [1.54, 1.807) is 18.3 Å². The van der Waals surface area contributed by atoms with Crippen LogP contribution >= 0.6 is 11.3 Å². The lowest BCUT2D eigenvalue weighted by Crippen LogP contribution is -2.36. The van der Waals surface area contributed by atoms with E-state index in [4.69, 9.17) is 0 Å². The van der Waals surface area contributed by atoms with Gasteiger partial charge in [-0.1, -0.05) is 5.92 Å². The number of carbonyl (C=O) groups excluding carboxylic acids is 1. The van der Waals surface area contributed by atoms with Crippen LogP contribution in [0.4, 0.5) is 0 Å². The molecule has 2 rings (SSSR count). The zero-order chi connectivity index (χ0) is 12.8. The molecule has 1 amide bonds. The van der Waals surface area contributed by atoms with Crippen molar-refractivity contribution >= 4 is 17.2 Å². The highest BCUT2D eigenvalue weighted by Gasteiger charge is 2.25. The van der Waals surface area contributed by atoms with Gasteiger partial charge in [0.25, 0.3) is 5.91 Å². The molecular weight excluding hydrogens is 246 g/mol. The molecule has 1 aromatic rings. The number of hydrogen-bond donors (Lipinski definition) is 1. The maximum absolute atomic E-state index is 11.4. The Kier molecular flexibility index (Phi) is 4.73. The molecule has 1 atom stereocenters. The summed E-state index contributed by atoms with van der Waals surface area (Å²) in [6, 6.07) is 0.190. The Bertz CT molecular complexity index is 441. The summed E-state index contributed by atoms with van der Waals surface area (Å²) in [6.07, 6.45) is 4.27. The number of amides is 1. The summed E-state index contributed by atoms with van der Waals surface area (Å²) >= 11 is 1.64. The molecule has 1 fully saturated rings. The molecule has 18 heavy (non-hydrogen) atoms. The van der Waals surface area contributed by atoms with Gasteiger partial charge in [-0.15, -0.1) is 11.3 Å². The van der Waals surface area contributed by atoms with E-state index in [1.165, 1.54) is 12.8 Å². The van der Waals surface area contributed by atoms with Crippen LogP contribution in [0.3, 0.4) is 0 Å². The third kappa shape index (κ3) is 3.31. The van der Waals surface area contributed by atoms with Gasteiger partial charge in [-0.3, -0.25) is 9.69 Å². The van der Waals surface area contributed by atoms with E-state index in [2.05, 4.69) is 27.0 Å². The number of carbonyl (C=O) groups is 1. The Morgan fingerprint density at radius 3 is 3.00 bits per heavy atom. The number of hydrogen-bond acceptors (Lipinski definition) is 4. The maximum atomic E-state index is 11.4. The zero-order valence-corrected chi connectivity index (χ0v) is 11.3. The number of likely N-dealkylation sites (tertiary alicyclic amines) is 1. The van der Waals surface area contributed by atoms with Gasteiger partial charge in [0, 0.05) is 18.1 Å². The minimum absolute atomic E-state index is 0.190. The van der Waals surface area contributed by atoms with Gasteiger partial charge in [-0.25, -0.2) is 4.98 Å². The predicted octanol–water partition coefficient (Wildman–Crippen LogP) is 1.42. The Hall–Kier alpha value is -1.38. The van der Waals surface area contributed by atoms with Crippen molar-refractivity contribution < 1.29 is 4.79 Å². The molecule has 5 heteroatoms. The van der Waals surface area contributed by atoms with E-state index in [9.17, 15) is 4.79 Å². The lowest BCUT2D eigenvalue weighted by atomic mass is 10.2. The van der Waals surface area contributed by atoms with Crippen LogP contribution in [0.25, 0.3) is 0 Å². The fourth-order valence-electron chi connectivity index (χ4n) is 2.17. The van der Waals surface area contributed by atoms with Crippen LogP contribution < -0.4 is 5.32 Å². The number of aromatic nitrogens is 1. The summed E-state index contributed by atoms with van der Waals surface area (Å²) in [5, 5.41) is 5.91. The van der Waals surface area contributed by atoms with Gasteiger partial charge in [-0.2, -0.15) is 0 Å². The summed E-state index contributed by atoms with van der Waals surface area (Å²) in [5.74, 6) is 4.90. The van der Waals surface area contributed by atoms with Crippen molar-refractivity contribution in [2.75, 3.05) is 19.6 Å². The molecule has 96 valence electrons. The van der Waals surface area contributed by atoms with Crippen molar-refractivity contribution in [2.24, 2.45) is 0 Å². The first-order valence-electron chi connectivity index (χ1n) is 6.15. The molecule has 0 aliphatic carbocycles. The summed E-state index contributed by atoms with van der Waals surface area (Å²) in [4.78, 5) is 18.2. The molecule has 4 nitrogen and oxygen atoms in total. The monoisotopic (exact) mass is 263 g/mol. The van der Waals surface area contributed by atoms with Gasteiger partial charge in [0.2, 0.25) is 0 Å². The highest BCUT2D eigenvalue weighted by Crippen LogP contribution is 2.25. The summed E-state index contributed by atoms with van der Waals surface area (Å²) < 4.78 is 0. The summed E-state index contributed by atoms with van der Waals surface area (Å²) in [6.45, 7) is 4.42. The highest BCUT2D eigenvalue weighted by molar-refractivity contribution is 7.09. The molecular formula is C13H17N3OS. The average molecular weight is 263 g/mol. The zero-order valence-electron chi connectivity index (χ0n) is 10.5. The van der Waals surface area contributed by atoms with Gasteiger partial charge < -0.3 is 5.32 Å². The van der Waals surface area contributed by atoms with E-state index >= 15 is 0 Å². The fourth-order valence-corrected chi connectivity index (χ4v) is 2.94. The van der Waals surface area contributed by atoms with Crippen LogP contribution in [0, 0.1) is 11.8 Å². The van der Waals surface area contributed by atoms with Crippen LogP contribution in [0.15, 0.2) is 11.6 Å². The van der Waals surface area contributed by atoms with Crippen LogP contribution in [-0.2, 0) is 4.79 Å². The number of thiazole rings is 1. The first-order chi connectivity index (χ1) is 8.81. The first-order valence-corrected chi connectivity index (χ1v) is 7.03. The molecule has 1 aliphatic heterocycles. The van der Waals surface area contributed by atoms with Crippen molar-refractivity contribution in [3.8, 4) is 11.8 Å². The van der Waals surface area contributed by atoms with Gasteiger partial charge >= 0.3 is 0 Å². The molecule has 1 unspecified atom stereocenters. The summed E-state index contributed by atoms with van der Waals surface area (Å²) in [5.41, 5.74) is 0. The topological polar surface area (TPSA) is 45.2 Å². The van der Waals surface area contributed by atoms with Crippen LogP contribution in [0.5, 0.6) is 0 Å². The van der Waals surface area contributed by atoms with Gasteiger partial charge in [0.15, 0.2) is 0 Å². The number of nitrogens with zero attached hydrogens (tertiary/aromatic N) is 2. The van der Waals surface area contributed by atoms with Crippen molar-refractivity contribution in [2.45, 2.75) is 25.8 Å². The second-order valence-electron chi connectivity index (χ2n) is 4.21. The molecule has 1 N–H and O–H groups in total. The lowest BCUT2D eigenvalue weighted by Gasteiger charge is -2.25. The van der Waals surface area contributed by atoms with E-state index in [0.717, 1.165) is 18.1 Å². The van der Waals surface area contributed by atoms with Crippen LogP contribution in [0.2, 0.25) is 0 Å². The minimum atomic E-state index is -0.210. The molecule has 1 aromatic heterocycles. The smallest absolute Gasteiger partial charge is 0.295 e. The van der Waals surface area contributed by atoms with Crippen molar-refractivity contribution in [3.63, 3.8) is 0 Å². The molecule has 1 aliphatic rings. The third-order valence-corrected chi connectivity index (χ3v) is 3.89. The van der Waals surface area contributed by atoms with Crippen molar-refractivity contribution in [3.05, 3.63) is 16.6 Å². The molecule has 2 heterocycles. The minimum Gasteiger partial charge on any atom is -0.343 e. The van der Waals surface area contributed by atoms with Crippen molar-refractivity contribution in [1.29, 1.82) is 0 Å². The fraction of sp³-hybridized carbons (Fsp3) is 0.538. The van der Waals surface area contributed by atoms with Gasteiger partial charge in [0.05, 0.1) is 6.04 Å². The standard InChI is InChI=1S/C13H17N3OS/c1-2-5-12(17)15-10-11(13-14-6-9-18-13)16-7-3-4-8-16/h6,9,11H,3-4,7-8,10H2,1H3,(H,15,17). The van der Waals surface area contributed by atoms with Crippen molar-refractivity contribution in [1.82, 2.24) is 15.2 Å². The second kappa shape index (κ2) is 6.53. The van der Waals surface area contributed by atoms with E-state index < -0.39 is 0 Å². The van der Waals surface area contributed by atoms with Crippen LogP contribution in [-0.4, -0.2) is 35.4 Å². The van der Waals surface area contributed by atoms with Gasteiger partial charge in [0.1, 0.15) is 5.01 Å². The molecule has 0 spiro atoms. The Morgan fingerprint density at radius 1 is 1.61 bits per heavy atom. The Labute approximate surface area is 111 Å². The maximum Gasteiger partial charge on any atom is 0.295 e. The quantitative estimate of drug-likeness (QED) is 0.836. The predicted molar refractivity (Wildman–Crippen MR) is 72.1 cm³/mol. The van der Waals surface area contributed by atoms with Crippen LogP contribution in [0.1, 0.15) is 30.8 Å². The molecule has 0 aromatic carbocycles. The molecule has 1 saturated heterocycles. The molecule has 0 bridgehead atoms. The van der Waals surface area contributed by atoms with E-state index in [1.807, 2.05) is 11.6 Å². The second-order valence-corrected chi connectivity index (χ2v) is 5.14. The Balaban J connectivity index is 2.00. The Morgan fingerprint density at radius 2 is 2.39 bits per heavy atom. The first kappa shape index (κ1) is 13.1. The SMILES string of the molecule is CC#CC(=O)NCC(c1nccs1)N1CCCC1. The lowest BCUT2D eigenvalue weighted by molar-refractivity contribution is -0.115. The highest BCUT2D eigenvalue weighted by atomic mass is 32.1. The third-order valence-electron chi connectivity index (χ3n) is 3.01. The van der Waals surface area contributed by atoms with E-state index in [0.29, 0.717) is 6.54 Å². The van der Waals surface area contributed by atoms with Gasteiger partial charge in [-0.05, 0) is 38.8 Å². The number of rotatable bonds is 4. The molecule has 0 radical (unpaired) electrons. The largest absolute Gasteiger partial charge is 0.343 e. The number of nitrogens with one attached hydrogen (secondary N) is 1. The summed E-state index contributed by atoms with van der Waals surface area (Å²) in [7, 11) is 0. The van der Waals surface area contributed by atoms with E-state index in [-0.39, 0.29) is 11.9 Å². The molecule has 0 saturated carbocycles. The normalized spacial score (nSPS) is 16.9. The average Bonchev–Trinajstić information content (AvgIpc) is 3.02.